The van der Waals surface area contributed by atoms with Crippen molar-refractivity contribution >= 4 is 75.9 Å². The second-order valence-electron chi connectivity index (χ2n) is 13.5. The van der Waals surface area contributed by atoms with E-state index in [4.69, 9.17) is 9.97 Å². The molecule has 51 heavy (non-hydrogen) atoms. The number of nitrogens with zero attached hydrogens (tertiary/aromatic N) is 3. The maximum Gasteiger partial charge on any atom is 0.0973 e. The lowest BCUT2D eigenvalue weighted by Crippen LogP contribution is -1.99. The highest BCUT2D eigenvalue weighted by molar-refractivity contribution is 6.17. The second-order valence-corrected chi connectivity index (χ2v) is 13.5. The monoisotopic (exact) mass is 647 g/mol. The molecule has 0 unspecified atom stereocenters. The average Bonchev–Trinajstić information content (AvgIpc) is 3.49. The minimum absolute atomic E-state index is 0.858. The van der Waals surface area contributed by atoms with Gasteiger partial charge in [-0.3, -0.25) is 0 Å². The van der Waals surface area contributed by atoms with Crippen LogP contribution in [0.3, 0.4) is 0 Å². The van der Waals surface area contributed by atoms with Gasteiger partial charge in [0, 0.05) is 27.6 Å². The van der Waals surface area contributed by atoms with Crippen molar-refractivity contribution in [2.24, 2.45) is 0 Å². The van der Waals surface area contributed by atoms with Crippen molar-refractivity contribution in [3.63, 3.8) is 0 Å². The van der Waals surface area contributed by atoms with Crippen molar-refractivity contribution in [3.8, 4) is 28.2 Å². The van der Waals surface area contributed by atoms with E-state index in [9.17, 15) is 0 Å². The van der Waals surface area contributed by atoms with E-state index in [1.165, 1.54) is 64.9 Å². The van der Waals surface area contributed by atoms with E-state index >= 15 is 0 Å². The minimum atomic E-state index is 0.858. The lowest BCUT2D eigenvalue weighted by molar-refractivity contribution is 1.18. The third-order valence-corrected chi connectivity index (χ3v) is 10.5. The van der Waals surface area contributed by atoms with Gasteiger partial charge in [-0.25, -0.2) is 9.97 Å². The lowest BCUT2D eigenvalue weighted by Gasteiger charge is -2.14. The summed E-state index contributed by atoms with van der Waals surface area (Å²) in [7, 11) is 0. The molecule has 9 aromatic carbocycles. The Labute approximate surface area is 293 Å². The Hall–Kier alpha value is -6.84. The van der Waals surface area contributed by atoms with Gasteiger partial charge in [-0.05, 0) is 97.7 Å². The van der Waals surface area contributed by atoms with Crippen LogP contribution in [0.2, 0.25) is 0 Å². The molecule has 0 amide bonds. The van der Waals surface area contributed by atoms with E-state index < -0.39 is 0 Å². The highest BCUT2D eigenvalue weighted by atomic mass is 15.0. The van der Waals surface area contributed by atoms with Gasteiger partial charge in [-0.2, -0.15) is 0 Å². The van der Waals surface area contributed by atoms with Crippen molar-refractivity contribution in [2.45, 2.75) is 0 Å². The first-order chi connectivity index (χ1) is 25.2. The van der Waals surface area contributed by atoms with Crippen LogP contribution >= 0.6 is 0 Å². The van der Waals surface area contributed by atoms with E-state index in [2.05, 4.69) is 180 Å². The highest BCUT2D eigenvalue weighted by Crippen LogP contribution is 2.39. The van der Waals surface area contributed by atoms with Crippen LogP contribution in [0.4, 0.5) is 0 Å². The van der Waals surface area contributed by atoms with Crippen LogP contribution in [-0.4, -0.2) is 14.5 Å². The third-order valence-electron chi connectivity index (χ3n) is 10.5. The fraction of sp³-hybridized carbons (Fsp3) is 0. The minimum Gasteiger partial charge on any atom is -0.309 e. The number of benzene rings is 9. The third kappa shape index (κ3) is 4.45. The number of rotatable bonds is 3. The molecule has 0 aliphatic heterocycles. The fourth-order valence-corrected chi connectivity index (χ4v) is 7.92. The van der Waals surface area contributed by atoms with Crippen molar-refractivity contribution in [3.05, 3.63) is 176 Å². The molecule has 2 heterocycles. The Morgan fingerprint density at radius 3 is 1.22 bits per heavy atom. The van der Waals surface area contributed by atoms with Crippen molar-refractivity contribution < 1.29 is 0 Å². The predicted molar refractivity (Wildman–Crippen MR) is 215 cm³/mol. The molecular weight excluding hydrogens is 619 g/mol. The van der Waals surface area contributed by atoms with Crippen LogP contribution in [0, 0.1) is 0 Å². The van der Waals surface area contributed by atoms with Crippen LogP contribution in [0.25, 0.3) is 104 Å². The number of hydrogen-bond acceptors (Lipinski definition) is 2. The summed E-state index contributed by atoms with van der Waals surface area (Å²) < 4.78 is 2.40. The largest absolute Gasteiger partial charge is 0.309 e. The summed E-state index contributed by atoms with van der Waals surface area (Å²) in [5.74, 6) is 0. The molecule has 0 atom stereocenters. The number of fused-ring (bicyclic) bond motifs is 8. The molecule has 2 aromatic heterocycles. The Morgan fingerprint density at radius 2 is 0.725 bits per heavy atom. The van der Waals surface area contributed by atoms with Gasteiger partial charge in [-0.1, -0.05) is 121 Å². The zero-order chi connectivity index (χ0) is 33.5. The normalized spacial score (nSPS) is 11.9. The molecule has 3 heteroatoms. The Balaban J connectivity index is 1.19. The van der Waals surface area contributed by atoms with Gasteiger partial charge in [0.1, 0.15) is 0 Å². The molecule has 0 spiro atoms. The van der Waals surface area contributed by atoms with Crippen LogP contribution in [0.15, 0.2) is 176 Å². The first kappa shape index (κ1) is 28.0. The van der Waals surface area contributed by atoms with Gasteiger partial charge in [0.05, 0.1) is 33.5 Å². The molecule has 0 saturated carbocycles. The van der Waals surface area contributed by atoms with Gasteiger partial charge >= 0.3 is 0 Å². The van der Waals surface area contributed by atoms with Crippen LogP contribution < -0.4 is 0 Å². The summed E-state index contributed by atoms with van der Waals surface area (Å²) in [6, 6.07) is 63.3. The maximum atomic E-state index is 5.46. The van der Waals surface area contributed by atoms with Crippen molar-refractivity contribution in [1.29, 1.82) is 0 Å². The molecule has 0 aliphatic carbocycles. The molecule has 0 radical (unpaired) electrons. The Morgan fingerprint density at radius 1 is 0.314 bits per heavy atom. The topological polar surface area (TPSA) is 30.7 Å². The second kappa shape index (κ2) is 10.8. The SMILES string of the molecule is c1ccc2cc(-c3nc4ccc(-n5c6cc7ccccc7cc6c6cc7ccccc7cc65)cc4nc3-c3ccc4ccccc4c3)ccc2c1. The van der Waals surface area contributed by atoms with E-state index in [0.717, 1.165) is 39.2 Å². The summed E-state index contributed by atoms with van der Waals surface area (Å²) >= 11 is 0. The Bertz CT molecular complexity index is 3110. The summed E-state index contributed by atoms with van der Waals surface area (Å²) in [5, 5.41) is 12.2. The first-order valence-corrected chi connectivity index (χ1v) is 17.4. The highest BCUT2D eigenvalue weighted by Gasteiger charge is 2.18. The molecule has 3 nitrogen and oxygen atoms in total. The van der Waals surface area contributed by atoms with Gasteiger partial charge in [0.2, 0.25) is 0 Å². The molecule has 0 bridgehead atoms. The van der Waals surface area contributed by atoms with Crippen LogP contribution in [0.1, 0.15) is 0 Å². The molecule has 11 aromatic rings. The van der Waals surface area contributed by atoms with Crippen molar-refractivity contribution in [1.82, 2.24) is 14.5 Å². The number of hydrogen-bond donors (Lipinski definition) is 0. The molecular formula is C48H29N3. The van der Waals surface area contributed by atoms with Gasteiger partial charge in [0.25, 0.3) is 0 Å². The van der Waals surface area contributed by atoms with Gasteiger partial charge in [-0.15, -0.1) is 0 Å². The zero-order valence-corrected chi connectivity index (χ0v) is 27.6. The summed E-state index contributed by atoms with van der Waals surface area (Å²) in [6.45, 7) is 0. The smallest absolute Gasteiger partial charge is 0.0973 e. The lowest BCUT2D eigenvalue weighted by atomic mass is 9.99. The quantitative estimate of drug-likeness (QED) is 0.191. The fourth-order valence-electron chi connectivity index (χ4n) is 7.92. The van der Waals surface area contributed by atoms with Crippen LogP contribution in [-0.2, 0) is 0 Å². The van der Waals surface area contributed by atoms with E-state index in [1.54, 1.807) is 0 Å². The molecule has 0 saturated heterocycles. The molecule has 0 N–H and O–H groups in total. The zero-order valence-electron chi connectivity index (χ0n) is 27.6. The Kier molecular flexibility index (Phi) is 5.96. The molecule has 236 valence electrons. The summed E-state index contributed by atoms with van der Waals surface area (Å²) in [6.07, 6.45) is 0. The first-order valence-electron chi connectivity index (χ1n) is 17.4. The van der Waals surface area contributed by atoms with Crippen molar-refractivity contribution in [2.75, 3.05) is 0 Å². The molecule has 0 fully saturated rings. The van der Waals surface area contributed by atoms with Gasteiger partial charge in [0.15, 0.2) is 0 Å². The summed E-state index contributed by atoms with van der Waals surface area (Å²) in [5.41, 5.74) is 8.99. The van der Waals surface area contributed by atoms with Crippen LogP contribution in [0.5, 0.6) is 0 Å². The van der Waals surface area contributed by atoms with E-state index in [0.29, 0.717) is 0 Å². The molecule has 0 aliphatic rings. The number of aromatic nitrogens is 3. The predicted octanol–water partition coefficient (Wildman–Crippen LogP) is 12.7. The van der Waals surface area contributed by atoms with E-state index in [-0.39, 0.29) is 0 Å². The maximum absolute atomic E-state index is 5.46. The molecule has 11 rings (SSSR count). The average molecular weight is 648 g/mol. The van der Waals surface area contributed by atoms with Gasteiger partial charge < -0.3 is 4.57 Å². The standard InChI is InChI=1S/C48H29N3/c1-3-11-32-23-38(19-17-30(32)9-1)47-48(39-20-18-31-10-2-4-12-33(31)24-39)50-44-29-40(21-22-43(44)49-47)51-45-27-36-15-7-5-13-34(36)25-41(45)42-26-35-14-6-8-16-37(35)28-46(42)51/h1-29H. The van der Waals surface area contributed by atoms with E-state index in [1.807, 2.05) is 0 Å². The summed E-state index contributed by atoms with van der Waals surface area (Å²) in [4.78, 5) is 10.8.